The van der Waals surface area contributed by atoms with Crippen molar-refractivity contribution < 1.29 is 19.5 Å². The van der Waals surface area contributed by atoms with E-state index in [4.69, 9.17) is 0 Å². The molecule has 0 bridgehead atoms. The number of amides is 2. The molecule has 0 saturated heterocycles. The number of hydrogen-bond donors (Lipinski definition) is 2. The molecule has 2 N–H and O–H groups in total. The van der Waals surface area contributed by atoms with Crippen LogP contribution in [0.15, 0.2) is 18.2 Å². The lowest BCUT2D eigenvalue weighted by Crippen LogP contribution is -2.45. The molecule has 7 nitrogen and oxygen atoms in total. The van der Waals surface area contributed by atoms with Crippen LogP contribution in [0.5, 0.6) is 0 Å². The first kappa shape index (κ1) is 16.3. The predicted octanol–water partition coefficient (Wildman–Crippen LogP) is 1.54. The number of carboxylic acids is 1. The fourth-order valence-electron chi connectivity index (χ4n) is 2.98. The minimum absolute atomic E-state index is 0.0167. The summed E-state index contributed by atoms with van der Waals surface area (Å²) < 4.78 is 0. The Balaban J connectivity index is 1.92. The summed E-state index contributed by atoms with van der Waals surface area (Å²) in [5.41, 5.74) is 1.80. The van der Waals surface area contributed by atoms with Gasteiger partial charge in [0.15, 0.2) is 0 Å². The molecule has 2 atom stereocenters. The van der Waals surface area contributed by atoms with Crippen molar-refractivity contribution in [2.75, 3.05) is 17.3 Å². The second-order valence-electron chi connectivity index (χ2n) is 6.47. The van der Waals surface area contributed by atoms with Crippen molar-refractivity contribution in [2.24, 2.45) is 0 Å². The lowest BCUT2D eigenvalue weighted by Gasteiger charge is -2.33. The Bertz CT molecular complexity index is 714. The Hall–Kier alpha value is -2.57. The van der Waals surface area contributed by atoms with E-state index in [9.17, 15) is 19.5 Å². The maximum absolute atomic E-state index is 12.8. The Labute approximate surface area is 140 Å². The van der Waals surface area contributed by atoms with Crippen LogP contribution in [0.1, 0.15) is 37.0 Å². The van der Waals surface area contributed by atoms with Crippen molar-refractivity contribution in [1.29, 1.82) is 0 Å². The van der Waals surface area contributed by atoms with Crippen molar-refractivity contribution in [1.82, 2.24) is 4.90 Å². The predicted molar refractivity (Wildman–Crippen MR) is 89.2 cm³/mol. The topological polar surface area (TPSA) is 90.0 Å². The summed E-state index contributed by atoms with van der Waals surface area (Å²) >= 11 is 0. The number of nitrogens with one attached hydrogen (secondary N) is 1. The lowest BCUT2D eigenvalue weighted by atomic mass is 10.1. The normalized spacial score (nSPS) is 20.9. The standard InChI is InChI=1S/C17H21N3O4/c1-9-15(21)18-13-8-11(4-7-14(13)19(9)3)16(22)20(12-5-6-12)10(2)17(23)24/h4,7-10,12H,5-6H2,1-3H3,(H,18,21)(H,23,24). The van der Waals surface area contributed by atoms with Gasteiger partial charge in [0.1, 0.15) is 12.1 Å². The highest BCUT2D eigenvalue weighted by atomic mass is 16.4. The van der Waals surface area contributed by atoms with Gasteiger partial charge in [0.2, 0.25) is 5.91 Å². The molecule has 1 saturated carbocycles. The van der Waals surface area contributed by atoms with Crippen LogP contribution in [0, 0.1) is 0 Å². The number of carbonyl (C=O) groups excluding carboxylic acids is 2. The molecule has 0 spiro atoms. The van der Waals surface area contributed by atoms with Gasteiger partial charge in [-0.15, -0.1) is 0 Å². The van der Waals surface area contributed by atoms with E-state index in [2.05, 4.69) is 5.32 Å². The van der Waals surface area contributed by atoms with Crippen LogP contribution in [0.3, 0.4) is 0 Å². The third kappa shape index (κ3) is 2.70. The number of hydrogen-bond acceptors (Lipinski definition) is 4. The highest BCUT2D eigenvalue weighted by Crippen LogP contribution is 2.34. The summed E-state index contributed by atoms with van der Waals surface area (Å²) in [6.07, 6.45) is 1.65. The summed E-state index contributed by atoms with van der Waals surface area (Å²) in [6.45, 7) is 3.33. The van der Waals surface area contributed by atoms with Crippen LogP contribution in [0.4, 0.5) is 11.4 Å². The summed E-state index contributed by atoms with van der Waals surface area (Å²) in [6, 6.07) is 3.92. The highest BCUT2D eigenvalue weighted by Gasteiger charge is 2.39. The molecule has 1 aliphatic carbocycles. The molecule has 2 amide bonds. The van der Waals surface area contributed by atoms with E-state index in [0.717, 1.165) is 18.5 Å². The van der Waals surface area contributed by atoms with Crippen molar-refractivity contribution >= 4 is 29.2 Å². The molecule has 1 heterocycles. The molecule has 128 valence electrons. The zero-order chi connectivity index (χ0) is 17.6. The van der Waals surface area contributed by atoms with Gasteiger partial charge in [-0.1, -0.05) is 0 Å². The number of fused-ring (bicyclic) bond motifs is 1. The summed E-state index contributed by atoms with van der Waals surface area (Å²) in [7, 11) is 1.83. The number of benzene rings is 1. The second kappa shape index (κ2) is 5.81. The summed E-state index contributed by atoms with van der Waals surface area (Å²) in [5.74, 6) is -1.46. The molecule has 7 heteroatoms. The fourth-order valence-corrected chi connectivity index (χ4v) is 2.98. The molecule has 0 radical (unpaired) electrons. The fraction of sp³-hybridized carbons (Fsp3) is 0.471. The van der Waals surface area contributed by atoms with E-state index >= 15 is 0 Å². The van der Waals surface area contributed by atoms with Crippen LogP contribution in [0.25, 0.3) is 0 Å². The van der Waals surface area contributed by atoms with Gasteiger partial charge in [0.25, 0.3) is 5.91 Å². The van der Waals surface area contributed by atoms with Crippen LogP contribution in [0.2, 0.25) is 0 Å². The zero-order valence-corrected chi connectivity index (χ0v) is 13.9. The zero-order valence-electron chi connectivity index (χ0n) is 13.9. The average molecular weight is 331 g/mol. The Morgan fingerprint density at radius 1 is 1.38 bits per heavy atom. The van der Waals surface area contributed by atoms with Crippen molar-refractivity contribution in [2.45, 2.75) is 44.8 Å². The van der Waals surface area contributed by atoms with Gasteiger partial charge in [0.05, 0.1) is 11.4 Å². The number of carboxylic acid groups (broad SMARTS) is 1. The highest BCUT2D eigenvalue weighted by molar-refractivity contribution is 6.05. The molecular formula is C17H21N3O4. The molecule has 24 heavy (non-hydrogen) atoms. The largest absolute Gasteiger partial charge is 0.480 e. The van der Waals surface area contributed by atoms with E-state index in [0.29, 0.717) is 11.3 Å². The van der Waals surface area contributed by atoms with Gasteiger partial charge in [-0.3, -0.25) is 9.59 Å². The van der Waals surface area contributed by atoms with Crippen molar-refractivity contribution in [3.05, 3.63) is 23.8 Å². The lowest BCUT2D eigenvalue weighted by molar-refractivity contribution is -0.141. The second-order valence-corrected chi connectivity index (χ2v) is 6.47. The Morgan fingerprint density at radius 2 is 2.04 bits per heavy atom. The molecule has 1 fully saturated rings. The average Bonchev–Trinajstić information content (AvgIpc) is 3.37. The first-order valence-electron chi connectivity index (χ1n) is 8.04. The van der Waals surface area contributed by atoms with Crippen LogP contribution < -0.4 is 10.2 Å². The summed E-state index contributed by atoms with van der Waals surface area (Å²) in [5, 5.41) is 12.1. The maximum Gasteiger partial charge on any atom is 0.326 e. The molecule has 3 rings (SSSR count). The van der Waals surface area contributed by atoms with Gasteiger partial charge in [-0.2, -0.15) is 0 Å². The molecule has 2 unspecified atom stereocenters. The molecular weight excluding hydrogens is 310 g/mol. The van der Waals surface area contributed by atoms with Gasteiger partial charge in [0, 0.05) is 18.7 Å². The number of nitrogens with zero attached hydrogens (tertiary/aromatic N) is 2. The monoisotopic (exact) mass is 331 g/mol. The van der Waals surface area contributed by atoms with Gasteiger partial charge in [-0.25, -0.2) is 4.79 Å². The Morgan fingerprint density at radius 3 is 2.62 bits per heavy atom. The van der Waals surface area contributed by atoms with Gasteiger partial charge < -0.3 is 20.2 Å². The van der Waals surface area contributed by atoms with Crippen LogP contribution >= 0.6 is 0 Å². The SMILES string of the molecule is CC1C(=O)Nc2cc(C(=O)N(C3CC3)C(C)C(=O)O)ccc2N1C. The first-order valence-corrected chi connectivity index (χ1v) is 8.04. The van der Waals surface area contributed by atoms with E-state index in [-0.39, 0.29) is 23.9 Å². The summed E-state index contributed by atoms with van der Waals surface area (Å²) in [4.78, 5) is 39.4. The van der Waals surface area contributed by atoms with Crippen LogP contribution in [-0.2, 0) is 9.59 Å². The third-order valence-electron chi connectivity index (χ3n) is 4.79. The molecule has 1 aromatic carbocycles. The molecule has 2 aliphatic rings. The number of aliphatic carboxylic acids is 1. The first-order chi connectivity index (χ1) is 11.3. The van der Waals surface area contributed by atoms with Gasteiger partial charge in [-0.05, 0) is 44.9 Å². The van der Waals surface area contributed by atoms with Crippen molar-refractivity contribution in [3.63, 3.8) is 0 Å². The quantitative estimate of drug-likeness (QED) is 0.873. The van der Waals surface area contributed by atoms with E-state index in [1.807, 2.05) is 11.9 Å². The van der Waals surface area contributed by atoms with E-state index in [1.54, 1.807) is 25.1 Å². The number of rotatable bonds is 4. The smallest absolute Gasteiger partial charge is 0.326 e. The number of carbonyl (C=O) groups is 3. The minimum atomic E-state index is -1.02. The Kier molecular flexibility index (Phi) is 3.95. The number of likely N-dealkylation sites (N-methyl/N-ethyl adjacent to an activating group) is 1. The molecule has 0 aromatic heterocycles. The van der Waals surface area contributed by atoms with E-state index in [1.165, 1.54) is 11.8 Å². The minimum Gasteiger partial charge on any atom is -0.480 e. The maximum atomic E-state index is 12.8. The molecule has 1 aliphatic heterocycles. The van der Waals surface area contributed by atoms with Crippen LogP contribution in [-0.4, -0.2) is 53.0 Å². The van der Waals surface area contributed by atoms with E-state index < -0.39 is 12.0 Å². The number of anilines is 2. The van der Waals surface area contributed by atoms with Crippen molar-refractivity contribution in [3.8, 4) is 0 Å². The third-order valence-corrected chi connectivity index (χ3v) is 4.79. The molecule has 1 aromatic rings. The van der Waals surface area contributed by atoms with Gasteiger partial charge >= 0.3 is 5.97 Å².